The number of rotatable bonds is 5. The molecule has 100 valence electrons. The van der Waals surface area contributed by atoms with Gasteiger partial charge in [0.1, 0.15) is 0 Å². The first-order valence-corrected chi connectivity index (χ1v) is 5.94. The van der Waals surface area contributed by atoms with Gasteiger partial charge in [0.2, 0.25) is 0 Å². The molecule has 0 aliphatic heterocycles. The number of benzene rings is 1. The summed E-state index contributed by atoms with van der Waals surface area (Å²) in [5.41, 5.74) is 0.900. The quantitative estimate of drug-likeness (QED) is 0.621. The molecule has 18 heavy (non-hydrogen) atoms. The van der Waals surface area contributed by atoms with E-state index in [1.165, 1.54) is 0 Å². The van der Waals surface area contributed by atoms with Crippen molar-refractivity contribution in [2.75, 3.05) is 33.1 Å². The van der Waals surface area contributed by atoms with E-state index in [1.807, 2.05) is 18.2 Å². The lowest BCUT2D eigenvalue weighted by Crippen LogP contribution is -2.31. The molecule has 0 radical (unpaired) electrons. The number of methoxy groups -OCH3 is 2. The van der Waals surface area contributed by atoms with Gasteiger partial charge in [0, 0.05) is 25.3 Å². The van der Waals surface area contributed by atoms with E-state index in [-0.39, 0.29) is 0 Å². The normalized spacial score (nSPS) is 11.0. The maximum Gasteiger partial charge on any atom is 0.195 e. The molecule has 1 rings (SSSR count). The first-order valence-electron chi connectivity index (χ1n) is 5.94. The summed E-state index contributed by atoms with van der Waals surface area (Å²) in [7, 11) is 4.98. The molecule has 0 saturated heterocycles. The van der Waals surface area contributed by atoms with Crippen molar-refractivity contribution in [1.82, 2.24) is 5.32 Å². The number of guanidine groups is 1. The maximum atomic E-state index is 5.25. The molecule has 0 aromatic heterocycles. The van der Waals surface area contributed by atoms with Gasteiger partial charge in [-0.15, -0.1) is 0 Å². The van der Waals surface area contributed by atoms with E-state index in [2.05, 4.69) is 22.5 Å². The first kappa shape index (κ1) is 14.2. The molecule has 1 aromatic carbocycles. The molecular weight excluding hydrogens is 230 g/mol. The largest absolute Gasteiger partial charge is 0.493 e. The molecule has 5 heteroatoms. The summed E-state index contributed by atoms with van der Waals surface area (Å²) in [5.74, 6) is 2.14. The Morgan fingerprint density at radius 1 is 1.22 bits per heavy atom. The third-order valence-electron chi connectivity index (χ3n) is 2.41. The van der Waals surface area contributed by atoms with Crippen LogP contribution in [0.5, 0.6) is 11.5 Å². The average Bonchev–Trinajstić information content (AvgIpc) is 2.43. The SMILES string of the molecule is CCCNC(=NC)Nc1ccc(OC)c(OC)c1. The molecule has 0 aliphatic carbocycles. The summed E-state index contributed by atoms with van der Waals surface area (Å²) in [6.07, 6.45) is 1.05. The summed E-state index contributed by atoms with van der Waals surface area (Å²) in [4.78, 5) is 4.14. The molecule has 1 aromatic rings. The second-order valence-corrected chi connectivity index (χ2v) is 3.69. The zero-order valence-electron chi connectivity index (χ0n) is 11.4. The molecule has 0 amide bonds. The smallest absolute Gasteiger partial charge is 0.195 e. The standard InChI is InChI=1S/C13H21N3O2/c1-5-8-15-13(14-2)16-10-6-7-11(17-3)12(9-10)18-4/h6-7,9H,5,8H2,1-4H3,(H2,14,15,16). The summed E-state index contributed by atoms with van der Waals surface area (Å²) in [5, 5.41) is 6.39. The molecule has 5 nitrogen and oxygen atoms in total. The van der Waals surface area contributed by atoms with Gasteiger partial charge in [0.25, 0.3) is 0 Å². The van der Waals surface area contributed by atoms with Crippen molar-refractivity contribution in [3.63, 3.8) is 0 Å². The minimum absolute atomic E-state index is 0.688. The zero-order chi connectivity index (χ0) is 13.4. The van der Waals surface area contributed by atoms with Crippen LogP contribution in [0.1, 0.15) is 13.3 Å². The number of nitrogens with one attached hydrogen (secondary N) is 2. The number of aliphatic imine (C=N–C) groups is 1. The molecule has 0 bridgehead atoms. The lowest BCUT2D eigenvalue weighted by atomic mass is 10.3. The fourth-order valence-corrected chi connectivity index (χ4v) is 1.47. The average molecular weight is 251 g/mol. The van der Waals surface area contributed by atoms with E-state index < -0.39 is 0 Å². The number of hydrogen-bond acceptors (Lipinski definition) is 3. The molecular formula is C13H21N3O2. The van der Waals surface area contributed by atoms with Crippen LogP contribution in [0.2, 0.25) is 0 Å². The number of nitrogens with zero attached hydrogens (tertiary/aromatic N) is 1. The molecule has 0 spiro atoms. The van der Waals surface area contributed by atoms with Crippen LogP contribution in [0.15, 0.2) is 23.2 Å². The lowest BCUT2D eigenvalue weighted by Gasteiger charge is -2.13. The van der Waals surface area contributed by atoms with Gasteiger partial charge in [-0.2, -0.15) is 0 Å². The number of hydrogen-bond donors (Lipinski definition) is 2. The van der Waals surface area contributed by atoms with Crippen LogP contribution in [-0.4, -0.2) is 33.8 Å². The van der Waals surface area contributed by atoms with Crippen molar-refractivity contribution in [3.05, 3.63) is 18.2 Å². The van der Waals surface area contributed by atoms with Crippen LogP contribution < -0.4 is 20.1 Å². The Morgan fingerprint density at radius 3 is 2.50 bits per heavy atom. The fourth-order valence-electron chi connectivity index (χ4n) is 1.47. The molecule has 0 saturated carbocycles. The Kier molecular flexibility index (Phi) is 5.84. The molecule has 0 fully saturated rings. The van der Waals surface area contributed by atoms with Gasteiger partial charge in [-0.3, -0.25) is 4.99 Å². The third kappa shape index (κ3) is 3.84. The van der Waals surface area contributed by atoms with Crippen LogP contribution in [0.3, 0.4) is 0 Å². The highest BCUT2D eigenvalue weighted by atomic mass is 16.5. The summed E-state index contributed by atoms with van der Waals surface area (Å²) >= 11 is 0. The second kappa shape index (κ2) is 7.42. The Morgan fingerprint density at radius 2 is 1.94 bits per heavy atom. The van der Waals surface area contributed by atoms with E-state index in [0.717, 1.165) is 24.6 Å². The van der Waals surface area contributed by atoms with Crippen molar-refractivity contribution in [1.29, 1.82) is 0 Å². The van der Waals surface area contributed by atoms with Gasteiger partial charge < -0.3 is 20.1 Å². The van der Waals surface area contributed by atoms with Gasteiger partial charge in [-0.25, -0.2) is 0 Å². The predicted molar refractivity (Wildman–Crippen MR) is 74.8 cm³/mol. The van der Waals surface area contributed by atoms with E-state index in [0.29, 0.717) is 11.5 Å². The number of anilines is 1. The molecule has 0 atom stereocenters. The Balaban J connectivity index is 2.77. The van der Waals surface area contributed by atoms with Gasteiger partial charge in [0.15, 0.2) is 17.5 Å². The van der Waals surface area contributed by atoms with Crippen LogP contribution in [-0.2, 0) is 0 Å². The van der Waals surface area contributed by atoms with Crippen molar-refractivity contribution in [3.8, 4) is 11.5 Å². The van der Waals surface area contributed by atoms with E-state index in [1.54, 1.807) is 21.3 Å². The highest BCUT2D eigenvalue weighted by Crippen LogP contribution is 2.29. The molecule has 0 heterocycles. The van der Waals surface area contributed by atoms with Gasteiger partial charge >= 0.3 is 0 Å². The van der Waals surface area contributed by atoms with Crippen LogP contribution in [0.25, 0.3) is 0 Å². The predicted octanol–water partition coefficient (Wildman–Crippen LogP) is 2.10. The van der Waals surface area contributed by atoms with Crippen molar-refractivity contribution < 1.29 is 9.47 Å². The van der Waals surface area contributed by atoms with Gasteiger partial charge in [-0.1, -0.05) is 6.92 Å². The second-order valence-electron chi connectivity index (χ2n) is 3.69. The topological polar surface area (TPSA) is 54.9 Å². The fraction of sp³-hybridized carbons (Fsp3) is 0.462. The minimum Gasteiger partial charge on any atom is -0.493 e. The van der Waals surface area contributed by atoms with Crippen molar-refractivity contribution in [2.45, 2.75) is 13.3 Å². The summed E-state index contributed by atoms with van der Waals surface area (Å²) in [6, 6.07) is 5.64. The Labute approximate surface area is 108 Å². The van der Waals surface area contributed by atoms with E-state index >= 15 is 0 Å². The van der Waals surface area contributed by atoms with Crippen molar-refractivity contribution in [2.24, 2.45) is 4.99 Å². The first-order chi connectivity index (χ1) is 8.74. The summed E-state index contributed by atoms with van der Waals surface area (Å²) < 4.78 is 10.4. The van der Waals surface area contributed by atoms with Crippen LogP contribution >= 0.6 is 0 Å². The lowest BCUT2D eigenvalue weighted by molar-refractivity contribution is 0.355. The molecule has 0 unspecified atom stereocenters. The van der Waals surface area contributed by atoms with E-state index in [9.17, 15) is 0 Å². The highest BCUT2D eigenvalue weighted by molar-refractivity contribution is 5.93. The Hall–Kier alpha value is -1.91. The molecule has 2 N–H and O–H groups in total. The maximum absolute atomic E-state index is 5.25. The van der Waals surface area contributed by atoms with Gasteiger partial charge in [-0.05, 0) is 18.6 Å². The molecule has 0 aliphatic rings. The summed E-state index contributed by atoms with van der Waals surface area (Å²) in [6.45, 7) is 2.99. The monoisotopic (exact) mass is 251 g/mol. The van der Waals surface area contributed by atoms with Gasteiger partial charge in [0.05, 0.1) is 14.2 Å². The van der Waals surface area contributed by atoms with Crippen molar-refractivity contribution >= 4 is 11.6 Å². The minimum atomic E-state index is 0.688. The zero-order valence-corrected chi connectivity index (χ0v) is 11.4. The Bertz CT molecular complexity index is 405. The van der Waals surface area contributed by atoms with Crippen LogP contribution in [0.4, 0.5) is 5.69 Å². The van der Waals surface area contributed by atoms with E-state index in [4.69, 9.17) is 9.47 Å². The third-order valence-corrected chi connectivity index (χ3v) is 2.41. The van der Waals surface area contributed by atoms with Crippen LogP contribution in [0, 0.1) is 0 Å². The highest BCUT2D eigenvalue weighted by Gasteiger charge is 2.05. The number of ether oxygens (including phenoxy) is 2.